The monoisotopic (exact) mass is 323 g/mol. The van der Waals surface area contributed by atoms with Gasteiger partial charge < -0.3 is 14.7 Å². The predicted octanol–water partition coefficient (Wildman–Crippen LogP) is 3.33. The summed E-state index contributed by atoms with van der Waals surface area (Å²) in [6, 6.07) is 0. The summed E-state index contributed by atoms with van der Waals surface area (Å²) in [6.07, 6.45) is 6.02. The van der Waals surface area contributed by atoms with E-state index in [1.165, 1.54) is 16.9 Å². The number of esters is 1. The number of ether oxygens (including phenoxy) is 1. The van der Waals surface area contributed by atoms with Crippen molar-refractivity contribution >= 4 is 23.4 Å². The average molecular weight is 323 g/mol. The lowest BCUT2D eigenvalue weighted by molar-refractivity contribution is 0.0600. The Balaban J connectivity index is 1.87. The van der Waals surface area contributed by atoms with Crippen molar-refractivity contribution in [3.63, 3.8) is 0 Å². The smallest absolute Gasteiger partial charge is 0.407 e. The number of hydrogen-bond acceptors (Lipinski definition) is 4. The molecule has 0 bridgehead atoms. The maximum atomic E-state index is 11.6. The van der Waals surface area contributed by atoms with Gasteiger partial charge >= 0.3 is 12.1 Å². The SMILES string of the molecule is COC(=O)c1csc(CC=CC2CCN(C(=O)O)CC2)c1C. The number of piperidine rings is 1. The zero-order valence-corrected chi connectivity index (χ0v) is 13.7. The van der Waals surface area contributed by atoms with Crippen molar-refractivity contribution in [3.05, 3.63) is 33.5 Å². The Kier molecular flexibility index (Phi) is 5.60. The van der Waals surface area contributed by atoms with Crippen molar-refractivity contribution in [2.24, 2.45) is 5.92 Å². The van der Waals surface area contributed by atoms with Gasteiger partial charge in [-0.3, -0.25) is 0 Å². The molecule has 1 amide bonds. The summed E-state index contributed by atoms with van der Waals surface area (Å²) in [5.41, 5.74) is 1.63. The Morgan fingerprint density at radius 3 is 2.73 bits per heavy atom. The third-order valence-electron chi connectivity index (χ3n) is 4.07. The summed E-state index contributed by atoms with van der Waals surface area (Å²) in [4.78, 5) is 25.1. The lowest BCUT2D eigenvalue weighted by Crippen LogP contribution is -2.36. The zero-order chi connectivity index (χ0) is 16.1. The summed E-state index contributed by atoms with van der Waals surface area (Å²) in [6.45, 7) is 3.15. The molecule has 1 aliphatic heterocycles. The van der Waals surface area contributed by atoms with Gasteiger partial charge in [0.05, 0.1) is 12.7 Å². The molecule has 22 heavy (non-hydrogen) atoms. The molecule has 120 valence electrons. The quantitative estimate of drug-likeness (QED) is 0.682. The van der Waals surface area contributed by atoms with Gasteiger partial charge in [0.25, 0.3) is 0 Å². The molecule has 0 aliphatic carbocycles. The van der Waals surface area contributed by atoms with Crippen LogP contribution in [0.3, 0.4) is 0 Å². The Bertz CT molecular complexity index is 571. The fourth-order valence-corrected chi connectivity index (χ4v) is 3.63. The fraction of sp³-hybridized carbons (Fsp3) is 0.500. The lowest BCUT2D eigenvalue weighted by Gasteiger charge is -2.28. The highest BCUT2D eigenvalue weighted by Gasteiger charge is 2.20. The first-order valence-corrected chi connectivity index (χ1v) is 8.20. The molecule has 0 unspecified atom stereocenters. The van der Waals surface area contributed by atoms with Crippen molar-refractivity contribution < 1.29 is 19.4 Å². The van der Waals surface area contributed by atoms with Crippen LogP contribution in [0, 0.1) is 12.8 Å². The minimum atomic E-state index is -0.827. The summed E-state index contributed by atoms with van der Waals surface area (Å²) >= 11 is 1.57. The van der Waals surface area contributed by atoms with E-state index in [0.717, 1.165) is 24.8 Å². The largest absolute Gasteiger partial charge is 0.465 e. The van der Waals surface area contributed by atoms with E-state index in [1.807, 2.05) is 12.3 Å². The van der Waals surface area contributed by atoms with Gasteiger partial charge in [-0.15, -0.1) is 11.3 Å². The van der Waals surface area contributed by atoms with E-state index in [1.54, 1.807) is 11.3 Å². The zero-order valence-electron chi connectivity index (χ0n) is 12.9. The molecule has 2 heterocycles. The Morgan fingerprint density at radius 1 is 1.45 bits per heavy atom. The van der Waals surface area contributed by atoms with Crippen molar-refractivity contribution in [2.75, 3.05) is 20.2 Å². The van der Waals surface area contributed by atoms with Gasteiger partial charge in [-0.1, -0.05) is 12.2 Å². The summed E-state index contributed by atoms with van der Waals surface area (Å²) in [5.74, 6) is 0.154. The molecule has 1 aromatic heterocycles. The van der Waals surface area contributed by atoms with E-state index >= 15 is 0 Å². The van der Waals surface area contributed by atoms with Crippen LogP contribution in [0.15, 0.2) is 17.5 Å². The standard InChI is InChI=1S/C16H21NO4S/c1-11-13(15(18)21-2)10-22-14(11)5-3-4-12-6-8-17(9-7-12)16(19)20/h3-4,10,12H,5-9H2,1-2H3,(H,19,20). The topological polar surface area (TPSA) is 66.8 Å². The van der Waals surface area contributed by atoms with Crippen LogP contribution in [0.25, 0.3) is 0 Å². The molecule has 0 atom stereocenters. The molecule has 1 aliphatic rings. The molecule has 0 aromatic carbocycles. The highest BCUT2D eigenvalue weighted by molar-refractivity contribution is 7.10. The molecule has 0 spiro atoms. The fourth-order valence-electron chi connectivity index (χ4n) is 2.62. The number of nitrogens with zero attached hydrogens (tertiary/aromatic N) is 1. The first-order valence-electron chi connectivity index (χ1n) is 7.32. The number of carbonyl (C=O) groups is 2. The first-order chi connectivity index (χ1) is 10.5. The summed E-state index contributed by atoms with van der Waals surface area (Å²) < 4.78 is 4.76. The van der Waals surface area contributed by atoms with Gasteiger partial charge in [0, 0.05) is 29.8 Å². The van der Waals surface area contributed by atoms with Crippen molar-refractivity contribution in [1.29, 1.82) is 0 Å². The Labute approximate surface area is 134 Å². The van der Waals surface area contributed by atoms with Crippen LogP contribution in [0.5, 0.6) is 0 Å². The molecule has 1 aromatic rings. The van der Waals surface area contributed by atoms with E-state index in [2.05, 4.69) is 12.2 Å². The third-order valence-corrected chi connectivity index (χ3v) is 5.18. The van der Waals surface area contributed by atoms with Crippen molar-refractivity contribution in [3.8, 4) is 0 Å². The van der Waals surface area contributed by atoms with Gasteiger partial charge in [-0.25, -0.2) is 9.59 Å². The third kappa shape index (κ3) is 3.88. The molecule has 0 radical (unpaired) electrons. The number of likely N-dealkylation sites (tertiary alicyclic amines) is 1. The van der Waals surface area contributed by atoms with Crippen LogP contribution in [0.2, 0.25) is 0 Å². The predicted molar refractivity (Wildman–Crippen MR) is 85.6 cm³/mol. The second-order valence-electron chi connectivity index (χ2n) is 5.43. The van der Waals surface area contributed by atoms with E-state index in [9.17, 15) is 9.59 Å². The van der Waals surface area contributed by atoms with Gasteiger partial charge in [0.2, 0.25) is 0 Å². The van der Waals surface area contributed by atoms with E-state index in [-0.39, 0.29) is 5.97 Å². The maximum absolute atomic E-state index is 11.6. The summed E-state index contributed by atoms with van der Waals surface area (Å²) in [5, 5.41) is 10.8. The van der Waals surface area contributed by atoms with Crippen molar-refractivity contribution in [1.82, 2.24) is 4.90 Å². The average Bonchev–Trinajstić information content (AvgIpc) is 2.88. The molecule has 0 saturated carbocycles. The number of methoxy groups -OCH3 is 1. The van der Waals surface area contributed by atoms with Crippen LogP contribution in [0.1, 0.15) is 33.6 Å². The highest BCUT2D eigenvalue weighted by Crippen LogP contribution is 2.24. The van der Waals surface area contributed by atoms with Crippen LogP contribution in [0.4, 0.5) is 4.79 Å². The van der Waals surface area contributed by atoms with E-state index < -0.39 is 6.09 Å². The molecular formula is C16H21NO4S. The number of hydrogen-bond donors (Lipinski definition) is 1. The summed E-state index contributed by atoms with van der Waals surface area (Å²) in [7, 11) is 1.39. The molecule has 5 nitrogen and oxygen atoms in total. The Morgan fingerprint density at radius 2 is 2.14 bits per heavy atom. The number of carboxylic acid groups (broad SMARTS) is 1. The number of carbonyl (C=O) groups excluding carboxylic acids is 1. The Hall–Kier alpha value is -1.82. The van der Waals surface area contributed by atoms with Crippen LogP contribution >= 0.6 is 11.3 Å². The van der Waals surface area contributed by atoms with Gasteiger partial charge in [0.15, 0.2) is 0 Å². The minimum absolute atomic E-state index is 0.287. The van der Waals surface area contributed by atoms with E-state index in [0.29, 0.717) is 24.6 Å². The minimum Gasteiger partial charge on any atom is -0.465 e. The molecule has 1 saturated heterocycles. The number of allylic oxidation sites excluding steroid dienone is 2. The lowest BCUT2D eigenvalue weighted by atomic mass is 9.96. The normalized spacial score (nSPS) is 16.2. The molecule has 6 heteroatoms. The molecule has 2 rings (SSSR count). The van der Waals surface area contributed by atoms with Gasteiger partial charge in [-0.05, 0) is 31.2 Å². The highest BCUT2D eigenvalue weighted by atomic mass is 32.1. The number of rotatable bonds is 4. The molecule has 1 fully saturated rings. The first kappa shape index (κ1) is 16.5. The number of amides is 1. The van der Waals surface area contributed by atoms with Crippen molar-refractivity contribution in [2.45, 2.75) is 26.2 Å². The molecular weight excluding hydrogens is 302 g/mol. The van der Waals surface area contributed by atoms with Crippen LogP contribution in [-0.4, -0.2) is 42.3 Å². The van der Waals surface area contributed by atoms with Crippen LogP contribution < -0.4 is 0 Å². The second-order valence-corrected chi connectivity index (χ2v) is 6.39. The van der Waals surface area contributed by atoms with E-state index in [4.69, 9.17) is 9.84 Å². The van der Waals surface area contributed by atoms with Gasteiger partial charge in [-0.2, -0.15) is 0 Å². The number of thiophene rings is 1. The van der Waals surface area contributed by atoms with Crippen LogP contribution in [-0.2, 0) is 11.2 Å². The molecule has 1 N–H and O–H groups in total. The second kappa shape index (κ2) is 7.45. The van der Waals surface area contributed by atoms with Gasteiger partial charge in [0.1, 0.15) is 0 Å². The maximum Gasteiger partial charge on any atom is 0.407 e.